The van der Waals surface area contributed by atoms with Crippen LogP contribution in [0.5, 0.6) is 0 Å². The maximum absolute atomic E-state index is 8.24. The molecule has 2 heteroatoms. The predicted octanol–water partition coefficient (Wildman–Crippen LogP) is 1.54. The summed E-state index contributed by atoms with van der Waals surface area (Å²) in [5.74, 6) is 0. The molecule has 8 heavy (non-hydrogen) atoms. The lowest BCUT2D eigenvalue weighted by atomic mass is 10.3. The molecule has 1 heterocycles. The second-order valence-corrected chi connectivity index (χ2v) is 1.46. The lowest BCUT2D eigenvalue weighted by Gasteiger charge is -1.74. The lowest BCUT2D eigenvalue weighted by Crippen LogP contribution is -1.57. The Balaban J connectivity index is 2.77. The number of H-pyrrole nitrogens is 1. The van der Waals surface area contributed by atoms with Crippen LogP contribution in [0.3, 0.4) is 0 Å². The monoisotopic (exact) mass is 109 g/mol. The van der Waals surface area contributed by atoms with Gasteiger partial charge in [-0.1, -0.05) is 0 Å². The molecule has 0 aliphatic carbocycles. The lowest BCUT2D eigenvalue weighted by molar-refractivity contribution is 0.478. The van der Waals surface area contributed by atoms with Crippen LogP contribution in [0.25, 0.3) is 6.08 Å². The van der Waals surface area contributed by atoms with E-state index in [2.05, 4.69) is 4.98 Å². The van der Waals surface area contributed by atoms with Crippen LogP contribution in [0.4, 0.5) is 0 Å². The molecular formula is C6H7NO. The van der Waals surface area contributed by atoms with Gasteiger partial charge >= 0.3 is 0 Å². The van der Waals surface area contributed by atoms with Gasteiger partial charge < -0.3 is 10.1 Å². The van der Waals surface area contributed by atoms with Crippen molar-refractivity contribution < 1.29 is 5.11 Å². The summed E-state index contributed by atoms with van der Waals surface area (Å²) in [5, 5.41) is 8.24. The van der Waals surface area contributed by atoms with Crippen molar-refractivity contribution in [3.05, 3.63) is 30.3 Å². The molecule has 0 unspecified atom stereocenters. The van der Waals surface area contributed by atoms with Gasteiger partial charge in [-0.2, -0.15) is 0 Å². The molecule has 0 saturated heterocycles. The molecule has 0 saturated carbocycles. The molecule has 1 aromatic rings. The molecule has 0 aliphatic rings. The van der Waals surface area contributed by atoms with Crippen LogP contribution < -0.4 is 0 Å². The summed E-state index contributed by atoms with van der Waals surface area (Å²) < 4.78 is 0. The summed E-state index contributed by atoms with van der Waals surface area (Å²) in [6.45, 7) is 0. The zero-order valence-corrected chi connectivity index (χ0v) is 4.33. The molecule has 0 atom stereocenters. The third-order valence-corrected chi connectivity index (χ3v) is 0.889. The molecule has 0 amide bonds. The third kappa shape index (κ3) is 0.904. The standard InChI is InChI=1S/C6H7NO/c8-4-2-6-1-3-7-5-6/h1-5,7-8H/b4-2+. The molecule has 42 valence electrons. The number of rotatable bonds is 1. The van der Waals surface area contributed by atoms with Gasteiger partial charge in [-0.15, -0.1) is 0 Å². The van der Waals surface area contributed by atoms with Crippen molar-refractivity contribution in [2.45, 2.75) is 0 Å². The minimum atomic E-state index is 0.979. The maximum Gasteiger partial charge on any atom is 0.0798 e. The molecule has 2 nitrogen and oxygen atoms in total. The first-order valence-electron chi connectivity index (χ1n) is 2.37. The number of hydrogen-bond acceptors (Lipinski definition) is 1. The quantitative estimate of drug-likeness (QED) is 0.527. The maximum atomic E-state index is 8.24. The minimum absolute atomic E-state index is 0.979. The summed E-state index contributed by atoms with van der Waals surface area (Å²) >= 11 is 0. The van der Waals surface area contributed by atoms with Crippen LogP contribution in [-0.4, -0.2) is 10.1 Å². The van der Waals surface area contributed by atoms with Crippen LogP contribution in [0.15, 0.2) is 24.7 Å². The normalized spacial score (nSPS) is 10.5. The molecular weight excluding hydrogens is 102 g/mol. The smallest absolute Gasteiger partial charge is 0.0798 e. The van der Waals surface area contributed by atoms with E-state index in [-0.39, 0.29) is 0 Å². The third-order valence-electron chi connectivity index (χ3n) is 0.889. The first kappa shape index (κ1) is 4.97. The van der Waals surface area contributed by atoms with Gasteiger partial charge in [0.15, 0.2) is 0 Å². The van der Waals surface area contributed by atoms with Gasteiger partial charge in [-0.05, 0) is 17.7 Å². The average molecular weight is 109 g/mol. The van der Waals surface area contributed by atoms with Crippen molar-refractivity contribution in [2.24, 2.45) is 0 Å². The van der Waals surface area contributed by atoms with Crippen molar-refractivity contribution in [3.63, 3.8) is 0 Å². The number of aliphatic hydroxyl groups excluding tert-OH is 1. The van der Waals surface area contributed by atoms with Crippen LogP contribution in [0.1, 0.15) is 5.56 Å². The van der Waals surface area contributed by atoms with Crippen molar-refractivity contribution in [1.82, 2.24) is 4.98 Å². The Kier molecular flexibility index (Phi) is 1.37. The number of aromatic nitrogens is 1. The van der Waals surface area contributed by atoms with Crippen molar-refractivity contribution in [3.8, 4) is 0 Å². The van der Waals surface area contributed by atoms with Gasteiger partial charge in [0.05, 0.1) is 6.26 Å². The van der Waals surface area contributed by atoms with E-state index in [0.717, 1.165) is 11.8 Å². The van der Waals surface area contributed by atoms with E-state index in [1.807, 2.05) is 6.07 Å². The molecule has 1 rings (SSSR count). The highest BCUT2D eigenvalue weighted by Gasteiger charge is 1.79. The average Bonchev–Trinajstić information content (AvgIpc) is 2.19. The predicted molar refractivity (Wildman–Crippen MR) is 32.5 cm³/mol. The van der Waals surface area contributed by atoms with Gasteiger partial charge in [0.1, 0.15) is 0 Å². The molecule has 2 N–H and O–H groups in total. The highest BCUT2D eigenvalue weighted by Crippen LogP contribution is 1.96. The van der Waals surface area contributed by atoms with Crippen LogP contribution in [0.2, 0.25) is 0 Å². The van der Waals surface area contributed by atoms with Crippen molar-refractivity contribution in [1.29, 1.82) is 0 Å². The number of hydrogen-bond donors (Lipinski definition) is 2. The Morgan fingerprint density at radius 3 is 3.00 bits per heavy atom. The zero-order chi connectivity index (χ0) is 5.82. The van der Waals surface area contributed by atoms with Crippen LogP contribution >= 0.6 is 0 Å². The highest BCUT2D eigenvalue weighted by atomic mass is 16.2. The Morgan fingerprint density at radius 2 is 2.50 bits per heavy atom. The van der Waals surface area contributed by atoms with Gasteiger partial charge in [0.2, 0.25) is 0 Å². The molecule has 0 aliphatic heterocycles. The summed E-state index contributed by atoms with van der Waals surface area (Å²) in [5.41, 5.74) is 0.979. The SMILES string of the molecule is O/C=C/c1cc[nH]c1. The Morgan fingerprint density at radius 1 is 1.62 bits per heavy atom. The summed E-state index contributed by atoms with van der Waals surface area (Å²) in [4.78, 5) is 2.85. The van der Waals surface area contributed by atoms with Crippen molar-refractivity contribution in [2.75, 3.05) is 0 Å². The molecule has 1 aromatic heterocycles. The number of aromatic amines is 1. The van der Waals surface area contributed by atoms with Gasteiger partial charge in [0, 0.05) is 12.4 Å². The van der Waals surface area contributed by atoms with E-state index in [1.54, 1.807) is 18.5 Å². The summed E-state index contributed by atoms with van der Waals surface area (Å²) in [6, 6.07) is 1.87. The van der Waals surface area contributed by atoms with Crippen LogP contribution in [0, 0.1) is 0 Å². The Hall–Kier alpha value is -1.18. The molecule has 0 fully saturated rings. The summed E-state index contributed by atoms with van der Waals surface area (Å²) in [7, 11) is 0. The largest absolute Gasteiger partial charge is 0.516 e. The second kappa shape index (κ2) is 2.21. The second-order valence-electron chi connectivity index (χ2n) is 1.46. The first-order chi connectivity index (χ1) is 3.93. The van der Waals surface area contributed by atoms with E-state index < -0.39 is 0 Å². The van der Waals surface area contributed by atoms with Gasteiger partial charge in [0.25, 0.3) is 0 Å². The van der Waals surface area contributed by atoms with E-state index in [0.29, 0.717) is 0 Å². The number of nitrogens with one attached hydrogen (secondary N) is 1. The van der Waals surface area contributed by atoms with E-state index >= 15 is 0 Å². The van der Waals surface area contributed by atoms with Crippen molar-refractivity contribution >= 4 is 6.08 Å². The zero-order valence-electron chi connectivity index (χ0n) is 4.33. The van der Waals surface area contributed by atoms with E-state index in [1.165, 1.54) is 0 Å². The topological polar surface area (TPSA) is 36.0 Å². The first-order valence-corrected chi connectivity index (χ1v) is 2.37. The fourth-order valence-electron chi connectivity index (χ4n) is 0.527. The molecule has 0 radical (unpaired) electrons. The molecule has 0 aromatic carbocycles. The van der Waals surface area contributed by atoms with E-state index in [4.69, 9.17) is 5.11 Å². The minimum Gasteiger partial charge on any atom is -0.516 e. The van der Waals surface area contributed by atoms with Gasteiger partial charge in [-0.25, -0.2) is 0 Å². The molecule has 0 bridgehead atoms. The fraction of sp³-hybridized carbons (Fsp3) is 0. The van der Waals surface area contributed by atoms with Crippen LogP contribution in [-0.2, 0) is 0 Å². The Labute approximate surface area is 47.5 Å². The molecule has 0 spiro atoms. The van der Waals surface area contributed by atoms with E-state index in [9.17, 15) is 0 Å². The fourth-order valence-corrected chi connectivity index (χ4v) is 0.527. The van der Waals surface area contributed by atoms with Gasteiger partial charge in [-0.3, -0.25) is 0 Å². The highest BCUT2D eigenvalue weighted by molar-refractivity contribution is 5.45. The number of aliphatic hydroxyl groups is 1. The summed E-state index contributed by atoms with van der Waals surface area (Å²) in [6.07, 6.45) is 6.22. The Bertz CT molecular complexity index is 165.